The lowest BCUT2D eigenvalue weighted by Crippen LogP contribution is -2.34. The fraction of sp³-hybridized carbons (Fsp3) is 0.667. The van der Waals surface area contributed by atoms with E-state index in [4.69, 9.17) is 4.74 Å². The van der Waals surface area contributed by atoms with E-state index < -0.39 is 0 Å². The molecule has 1 aromatic carbocycles. The van der Waals surface area contributed by atoms with Gasteiger partial charge in [0.2, 0.25) is 0 Å². The van der Waals surface area contributed by atoms with Crippen molar-refractivity contribution in [2.75, 3.05) is 33.3 Å². The number of benzene rings is 1. The Kier molecular flexibility index (Phi) is 6.52. The Bertz CT molecular complexity index is 404. The predicted molar refractivity (Wildman–Crippen MR) is 88.9 cm³/mol. The van der Waals surface area contributed by atoms with Crippen LogP contribution >= 0.6 is 0 Å². The van der Waals surface area contributed by atoms with Gasteiger partial charge in [0.05, 0.1) is 6.61 Å². The maximum Gasteiger partial charge on any atom is 0.119 e. The number of hydrogen-bond donors (Lipinski definition) is 1. The van der Waals surface area contributed by atoms with E-state index >= 15 is 0 Å². The second-order valence-electron chi connectivity index (χ2n) is 6.18. The van der Waals surface area contributed by atoms with Gasteiger partial charge in [0.1, 0.15) is 5.75 Å². The summed E-state index contributed by atoms with van der Waals surface area (Å²) in [7, 11) is 2.06. The van der Waals surface area contributed by atoms with Gasteiger partial charge in [0.15, 0.2) is 0 Å². The Morgan fingerprint density at radius 1 is 1.24 bits per heavy atom. The van der Waals surface area contributed by atoms with Gasteiger partial charge in [-0.2, -0.15) is 0 Å². The lowest BCUT2D eigenvalue weighted by Gasteiger charge is -2.26. The minimum Gasteiger partial charge on any atom is -0.494 e. The molecule has 1 saturated heterocycles. The van der Waals surface area contributed by atoms with E-state index in [0.29, 0.717) is 6.04 Å². The molecule has 1 N–H and O–H groups in total. The standard InChI is InChI=1S/C18H30N2O/c1-4-21-17-9-7-16(8-10-17)18(19-3)14-20-12-5-6-15(2)11-13-20/h7-10,15,18-19H,4-6,11-14H2,1-3H3. The Morgan fingerprint density at radius 2 is 2.00 bits per heavy atom. The van der Waals surface area contributed by atoms with E-state index in [1.165, 1.54) is 37.9 Å². The SMILES string of the molecule is CCOc1ccc(C(CN2CCCC(C)CC2)NC)cc1. The molecule has 2 rings (SSSR count). The quantitative estimate of drug-likeness (QED) is 0.868. The molecule has 1 aliphatic heterocycles. The lowest BCUT2D eigenvalue weighted by molar-refractivity contribution is 0.253. The van der Waals surface area contributed by atoms with Crippen molar-refractivity contribution in [2.24, 2.45) is 5.92 Å². The number of ether oxygens (including phenoxy) is 1. The van der Waals surface area contributed by atoms with Crippen molar-refractivity contribution in [3.63, 3.8) is 0 Å². The van der Waals surface area contributed by atoms with Gasteiger partial charge < -0.3 is 15.0 Å². The zero-order chi connectivity index (χ0) is 15.1. The molecule has 0 aliphatic carbocycles. The molecule has 21 heavy (non-hydrogen) atoms. The molecule has 1 aromatic rings. The molecule has 0 amide bonds. The van der Waals surface area contributed by atoms with Gasteiger partial charge in [-0.3, -0.25) is 0 Å². The third-order valence-corrected chi connectivity index (χ3v) is 4.49. The molecular weight excluding hydrogens is 260 g/mol. The zero-order valence-electron chi connectivity index (χ0n) is 13.8. The van der Waals surface area contributed by atoms with Crippen LogP contribution in [-0.2, 0) is 0 Å². The topological polar surface area (TPSA) is 24.5 Å². The zero-order valence-corrected chi connectivity index (χ0v) is 13.8. The van der Waals surface area contributed by atoms with Crippen LogP contribution in [0.5, 0.6) is 5.75 Å². The van der Waals surface area contributed by atoms with Crippen molar-refractivity contribution >= 4 is 0 Å². The molecule has 1 heterocycles. The predicted octanol–water partition coefficient (Wildman–Crippen LogP) is 3.47. The van der Waals surface area contributed by atoms with Crippen molar-refractivity contribution in [2.45, 2.75) is 39.2 Å². The van der Waals surface area contributed by atoms with Gasteiger partial charge in [0, 0.05) is 12.6 Å². The Morgan fingerprint density at radius 3 is 2.67 bits per heavy atom. The summed E-state index contributed by atoms with van der Waals surface area (Å²) in [6.07, 6.45) is 4.05. The highest BCUT2D eigenvalue weighted by molar-refractivity contribution is 5.29. The highest BCUT2D eigenvalue weighted by Crippen LogP contribution is 2.21. The molecular formula is C18H30N2O. The monoisotopic (exact) mass is 290 g/mol. The van der Waals surface area contributed by atoms with Crippen molar-refractivity contribution in [1.82, 2.24) is 10.2 Å². The summed E-state index contributed by atoms with van der Waals surface area (Å²) in [4.78, 5) is 2.61. The van der Waals surface area contributed by atoms with E-state index in [1.807, 2.05) is 6.92 Å². The fourth-order valence-electron chi connectivity index (χ4n) is 3.09. The Labute approximate surface area is 129 Å². The third-order valence-electron chi connectivity index (χ3n) is 4.49. The van der Waals surface area contributed by atoms with Crippen LogP contribution < -0.4 is 10.1 Å². The summed E-state index contributed by atoms with van der Waals surface area (Å²) in [5.74, 6) is 1.84. The third kappa shape index (κ3) is 5.01. The second kappa shape index (κ2) is 8.40. The number of hydrogen-bond acceptors (Lipinski definition) is 3. The first-order valence-electron chi connectivity index (χ1n) is 8.35. The number of likely N-dealkylation sites (tertiary alicyclic amines) is 1. The summed E-state index contributed by atoms with van der Waals surface area (Å²) < 4.78 is 5.52. The Hall–Kier alpha value is -1.06. The maximum absolute atomic E-state index is 5.52. The van der Waals surface area contributed by atoms with Crippen LogP contribution in [0, 0.1) is 5.92 Å². The summed E-state index contributed by atoms with van der Waals surface area (Å²) in [6.45, 7) is 8.68. The van der Waals surface area contributed by atoms with Gasteiger partial charge >= 0.3 is 0 Å². The summed E-state index contributed by atoms with van der Waals surface area (Å²) in [5.41, 5.74) is 1.35. The normalized spacial score (nSPS) is 21.8. The summed E-state index contributed by atoms with van der Waals surface area (Å²) in [6, 6.07) is 8.93. The minimum absolute atomic E-state index is 0.397. The average molecular weight is 290 g/mol. The van der Waals surface area contributed by atoms with E-state index in [0.717, 1.165) is 24.8 Å². The molecule has 0 bridgehead atoms. The number of nitrogens with one attached hydrogen (secondary N) is 1. The first-order valence-corrected chi connectivity index (χ1v) is 8.35. The number of likely N-dealkylation sites (N-methyl/N-ethyl adjacent to an activating group) is 1. The van der Waals surface area contributed by atoms with Gasteiger partial charge in [-0.1, -0.05) is 19.1 Å². The average Bonchev–Trinajstić information content (AvgIpc) is 2.71. The van der Waals surface area contributed by atoms with Crippen LogP contribution in [0.4, 0.5) is 0 Å². The molecule has 2 unspecified atom stereocenters. The van der Waals surface area contributed by atoms with E-state index in [9.17, 15) is 0 Å². The largest absolute Gasteiger partial charge is 0.494 e. The van der Waals surface area contributed by atoms with E-state index in [-0.39, 0.29) is 0 Å². The fourth-order valence-corrected chi connectivity index (χ4v) is 3.09. The number of nitrogens with zero attached hydrogens (tertiary/aromatic N) is 1. The molecule has 0 radical (unpaired) electrons. The highest BCUT2D eigenvalue weighted by Gasteiger charge is 2.18. The maximum atomic E-state index is 5.52. The molecule has 1 aliphatic rings. The molecule has 2 atom stereocenters. The summed E-state index contributed by atoms with van der Waals surface area (Å²) in [5, 5.41) is 3.47. The molecule has 118 valence electrons. The Balaban J connectivity index is 1.95. The van der Waals surface area contributed by atoms with E-state index in [2.05, 4.69) is 48.5 Å². The molecule has 0 aromatic heterocycles. The van der Waals surface area contributed by atoms with Crippen LogP contribution in [0.15, 0.2) is 24.3 Å². The van der Waals surface area contributed by atoms with Gasteiger partial charge in [-0.15, -0.1) is 0 Å². The van der Waals surface area contributed by atoms with Crippen molar-refractivity contribution in [3.8, 4) is 5.75 Å². The van der Waals surface area contributed by atoms with Crippen molar-refractivity contribution < 1.29 is 4.74 Å². The highest BCUT2D eigenvalue weighted by atomic mass is 16.5. The summed E-state index contributed by atoms with van der Waals surface area (Å²) >= 11 is 0. The van der Waals surface area contributed by atoms with Crippen LogP contribution in [0.2, 0.25) is 0 Å². The van der Waals surface area contributed by atoms with Gasteiger partial charge in [-0.25, -0.2) is 0 Å². The van der Waals surface area contributed by atoms with Gasteiger partial charge in [0.25, 0.3) is 0 Å². The smallest absolute Gasteiger partial charge is 0.119 e. The molecule has 0 spiro atoms. The van der Waals surface area contributed by atoms with Crippen molar-refractivity contribution in [1.29, 1.82) is 0 Å². The molecule has 0 saturated carbocycles. The van der Waals surface area contributed by atoms with Crippen LogP contribution in [0.1, 0.15) is 44.7 Å². The van der Waals surface area contributed by atoms with E-state index in [1.54, 1.807) is 0 Å². The molecule has 3 heteroatoms. The first-order chi connectivity index (χ1) is 10.2. The van der Waals surface area contributed by atoms with Crippen LogP contribution in [-0.4, -0.2) is 38.2 Å². The molecule has 3 nitrogen and oxygen atoms in total. The van der Waals surface area contributed by atoms with Crippen molar-refractivity contribution in [3.05, 3.63) is 29.8 Å². The van der Waals surface area contributed by atoms with Crippen LogP contribution in [0.25, 0.3) is 0 Å². The number of rotatable bonds is 6. The minimum atomic E-state index is 0.397. The van der Waals surface area contributed by atoms with Gasteiger partial charge in [-0.05, 0) is 69.9 Å². The first kappa shape index (κ1) is 16.3. The second-order valence-corrected chi connectivity index (χ2v) is 6.18. The molecule has 1 fully saturated rings. The van der Waals surface area contributed by atoms with Crippen LogP contribution in [0.3, 0.4) is 0 Å². The lowest BCUT2D eigenvalue weighted by atomic mass is 10.0.